The zero-order valence-electron chi connectivity index (χ0n) is 18.6. The Labute approximate surface area is 200 Å². The number of aromatic nitrogens is 1. The van der Waals surface area contributed by atoms with E-state index in [4.69, 9.17) is 16.0 Å². The lowest BCUT2D eigenvalue weighted by atomic mass is 9.98. The Balaban J connectivity index is 1.36. The van der Waals surface area contributed by atoms with Crippen molar-refractivity contribution in [3.63, 3.8) is 0 Å². The molecule has 3 aromatic carbocycles. The Morgan fingerprint density at radius 3 is 2.44 bits per heavy atom. The van der Waals surface area contributed by atoms with Gasteiger partial charge >= 0.3 is 5.76 Å². The highest BCUT2D eigenvalue weighted by Gasteiger charge is 2.22. The van der Waals surface area contributed by atoms with Gasteiger partial charge in [-0.3, -0.25) is 14.3 Å². The van der Waals surface area contributed by atoms with Gasteiger partial charge in [-0.2, -0.15) is 0 Å². The molecular weight excluding hydrogens is 457 g/mol. The van der Waals surface area contributed by atoms with Crippen LogP contribution in [0.1, 0.15) is 21.5 Å². The molecule has 2 heterocycles. The third-order valence-electron chi connectivity index (χ3n) is 6.27. The van der Waals surface area contributed by atoms with Crippen LogP contribution in [0.25, 0.3) is 11.1 Å². The first-order chi connectivity index (χ1) is 16.4. The van der Waals surface area contributed by atoms with Crippen LogP contribution in [-0.4, -0.2) is 41.4 Å². The van der Waals surface area contributed by atoms with E-state index >= 15 is 0 Å². The second-order valence-corrected chi connectivity index (χ2v) is 8.90. The first-order valence-corrected chi connectivity index (χ1v) is 11.4. The van der Waals surface area contributed by atoms with Crippen LogP contribution in [0.3, 0.4) is 0 Å². The monoisotopic (exact) mass is 479 g/mol. The molecule has 0 amide bonds. The lowest BCUT2D eigenvalue weighted by molar-refractivity contribution is 0.103. The molecule has 6 nitrogen and oxygen atoms in total. The fraction of sp³-hybridized carbons (Fsp3) is 0.231. The fourth-order valence-electron chi connectivity index (χ4n) is 4.39. The van der Waals surface area contributed by atoms with Gasteiger partial charge in [0, 0.05) is 42.3 Å². The number of anilines is 1. The summed E-state index contributed by atoms with van der Waals surface area (Å²) in [7, 11) is 0. The van der Waals surface area contributed by atoms with Crippen molar-refractivity contribution in [2.45, 2.75) is 13.6 Å². The summed E-state index contributed by atoms with van der Waals surface area (Å²) in [5.41, 5.74) is 3.37. The van der Waals surface area contributed by atoms with E-state index in [9.17, 15) is 14.0 Å². The maximum absolute atomic E-state index is 14.1. The summed E-state index contributed by atoms with van der Waals surface area (Å²) < 4.78 is 21.2. The molecule has 174 valence electrons. The van der Waals surface area contributed by atoms with Crippen LogP contribution in [-0.2, 0) is 6.67 Å². The fourth-order valence-corrected chi connectivity index (χ4v) is 4.51. The molecule has 0 spiro atoms. The summed E-state index contributed by atoms with van der Waals surface area (Å²) in [4.78, 5) is 29.8. The van der Waals surface area contributed by atoms with E-state index in [0.717, 1.165) is 5.56 Å². The van der Waals surface area contributed by atoms with Crippen molar-refractivity contribution in [3.05, 3.63) is 98.7 Å². The van der Waals surface area contributed by atoms with Gasteiger partial charge in [0.2, 0.25) is 0 Å². The van der Waals surface area contributed by atoms with Crippen molar-refractivity contribution in [1.29, 1.82) is 0 Å². The molecule has 34 heavy (non-hydrogen) atoms. The second-order valence-electron chi connectivity index (χ2n) is 8.46. The molecule has 0 unspecified atom stereocenters. The maximum atomic E-state index is 14.1. The molecule has 5 rings (SSSR count). The number of ketones is 1. The minimum absolute atomic E-state index is 0.157. The lowest BCUT2D eigenvalue weighted by Gasteiger charge is -2.36. The van der Waals surface area contributed by atoms with Gasteiger partial charge < -0.3 is 9.32 Å². The highest BCUT2D eigenvalue weighted by Crippen LogP contribution is 2.24. The van der Waals surface area contributed by atoms with Gasteiger partial charge in [-0.05, 0) is 61.0 Å². The van der Waals surface area contributed by atoms with Gasteiger partial charge in [-0.1, -0.05) is 23.7 Å². The molecule has 1 aliphatic heterocycles. The van der Waals surface area contributed by atoms with Crippen molar-refractivity contribution in [2.24, 2.45) is 0 Å². The standard InChI is InChI=1S/C26H23ClFN3O3/c1-17-14-23-24(15-20(17)25(32)18-6-8-19(27)9-7-18)34-26(33)31(23)16-29-10-12-30(13-11-29)22-5-3-2-4-21(22)28/h2-9,14-15H,10-13,16H2,1H3. The van der Waals surface area contributed by atoms with E-state index < -0.39 is 5.76 Å². The zero-order chi connectivity index (χ0) is 23.8. The van der Waals surface area contributed by atoms with Gasteiger partial charge in [0.25, 0.3) is 0 Å². The van der Waals surface area contributed by atoms with Crippen molar-refractivity contribution in [1.82, 2.24) is 9.47 Å². The third kappa shape index (κ3) is 4.24. The molecule has 1 aliphatic rings. The first kappa shape index (κ1) is 22.4. The van der Waals surface area contributed by atoms with Crippen LogP contribution < -0.4 is 10.7 Å². The van der Waals surface area contributed by atoms with Crippen molar-refractivity contribution in [2.75, 3.05) is 31.1 Å². The average molecular weight is 480 g/mol. The molecule has 0 saturated carbocycles. The topological polar surface area (TPSA) is 58.7 Å². The van der Waals surface area contributed by atoms with Crippen LogP contribution >= 0.6 is 11.6 Å². The summed E-state index contributed by atoms with van der Waals surface area (Å²) >= 11 is 5.93. The molecule has 1 fully saturated rings. The number of piperazine rings is 1. The average Bonchev–Trinajstić information content (AvgIpc) is 3.13. The molecule has 4 aromatic rings. The highest BCUT2D eigenvalue weighted by atomic mass is 35.5. The van der Waals surface area contributed by atoms with Crippen molar-refractivity contribution in [3.8, 4) is 0 Å². The molecule has 1 aromatic heterocycles. The minimum Gasteiger partial charge on any atom is -0.408 e. The Morgan fingerprint density at radius 2 is 1.74 bits per heavy atom. The van der Waals surface area contributed by atoms with Gasteiger partial charge in [-0.25, -0.2) is 9.18 Å². The Kier molecular flexibility index (Phi) is 5.98. The third-order valence-corrected chi connectivity index (χ3v) is 6.52. The number of oxazole rings is 1. The van der Waals surface area contributed by atoms with Gasteiger partial charge in [0.1, 0.15) is 5.82 Å². The number of hydrogen-bond donors (Lipinski definition) is 0. The number of carbonyl (C=O) groups is 1. The second kappa shape index (κ2) is 9.08. The van der Waals surface area contributed by atoms with Crippen molar-refractivity contribution >= 4 is 34.2 Å². The zero-order valence-corrected chi connectivity index (χ0v) is 19.4. The molecule has 0 radical (unpaired) electrons. The molecule has 0 bridgehead atoms. The van der Waals surface area contributed by atoms with E-state index in [0.29, 0.717) is 65.8 Å². The van der Waals surface area contributed by atoms with E-state index in [1.165, 1.54) is 6.07 Å². The highest BCUT2D eigenvalue weighted by molar-refractivity contribution is 6.30. The molecule has 8 heteroatoms. The summed E-state index contributed by atoms with van der Waals surface area (Å²) in [6.45, 7) is 4.88. The summed E-state index contributed by atoms with van der Waals surface area (Å²) in [6, 6.07) is 16.9. The summed E-state index contributed by atoms with van der Waals surface area (Å²) in [5, 5.41) is 0.557. The van der Waals surface area contributed by atoms with E-state index in [2.05, 4.69) is 4.90 Å². The smallest absolute Gasteiger partial charge is 0.408 e. The predicted molar refractivity (Wildman–Crippen MR) is 130 cm³/mol. The predicted octanol–water partition coefficient (Wildman–Crippen LogP) is 4.71. The lowest BCUT2D eigenvalue weighted by Crippen LogP contribution is -2.47. The van der Waals surface area contributed by atoms with Gasteiger partial charge in [-0.15, -0.1) is 0 Å². The Morgan fingerprint density at radius 1 is 1.03 bits per heavy atom. The summed E-state index contributed by atoms with van der Waals surface area (Å²) in [6.07, 6.45) is 0. The largest absolute Gasteiger partial charge is 0.421 e. The molecule has 0 aliphatic carbocycles. The first-order valence-electron chi connectivity index (χ1n) is 11.1. The number of hydrogen-bond acceptors (Lipinski definition) is 5. The van der Waals surface area contributed by atoms with Crippen molar-refractivity contribution < 1.29 is 13.6 Å². The number of carbonyl (C=O) groups excluding carboxylic acids is 1. The number of aryl methyl sites for hydroxylation is 1. The van der Waals surface area contributed by atoms with Crippen LogP contribution in [0, 0.1) is 12.7 Å². The Bertz CT molecular complexity index is 1420. The van der Waals surface area contributed by atoms with Crippen LogP contribution in [0.2, 0.25) is 5.02 Å². The quantitative estimate of drug-likeness (QED) is 0.388. The normalized spacial score (nSPS) is 14.6. The number of para-hydroxylation sites is 1. The Hall–Kier alpha value is -3.42. The summed E-state index contributed by atoms with van der Waals surface area (Å²) in [5.74, 6) is -0.856. The van der Waals surface area contributed by atoms with Crippen LogP contribution in [0.5, 0.6) is 0 Å². The molecular formula is C26H23ClFN3O3. The molecule has 1 saturated heterocycles. The van der Waals surface area contributed by atoms with Crippen LogP contribution in [0.15, 0.2) is 69.9 Å². The van der Waals surface area contributed by atoms with E-state index in [1.54, 1.807) is 47.0 Å². The SMILES string of the molecule is Cc1cc2c(cc1C(=O)c1ccc(Cl)cc1)oc(=O)n2CN1CCN(c2ccccc2F)CC1. The van der Waals surface area contributed by atoms with Crippen LogP contribution in [0.4, 0.5) is 10.1 Å². The van der Waals surface area contributed by atoms with E-state index in [1.807, 2.05) is 24.0 Å². The van der Waals surface area contributed by atoms with Gasteiger partial charge in [0.05, 0.1) is 17.9 Å². The van der Waals surface area contributed by atoms with E-state index in [-0.39, 0.29) is 11.6 Å². The number of benzene rings is 3. The molecule has 0 atom stereocenters. The minimum atomic E-state index is -0.470. The number of halogens is 2. The number of nitrogens with zero attached hydrogens (tertiary/aromatic N) is 3. The maximum Gasteiger partial charge on any atom is 0.421 e. The molecule has 0 N–H and O–H groups in total. The number of rotatable bonds is 5. The number of fused-ring (bicyclic) bond motifs is 1. The van der Waals surface area contributed by atoms with Gasteiger partial charge in [0.15, 0.2) is 11.4 Å².